The SMILES string of the molecule is CCC1(C)CC1C(=O)N1CCC(Cc2ccccc2C(=O)O)CC1. The Kier molecular flexibility index (Phi) is 4.66. The lowest BCUT2D eigenvalue weighted by molar-refractivity contribution is -0.134. The first-order valence-corrected chi connectivity index (χ1v) is 9.04. The van der Waals surface area contributed by atoms with Crippen LogP contribution in [-0.4, -0.2) is 35.0 Å². The van der Waals surface area contributed by atoms with E-state index in [4.69, 9.17) is 0 Å². The standard InChI is InChI=1S/C20H27NO3/c1-3-20(2)13-17(20)18(22)21-10-8-14(9-11-21)12-15-6-4-5-7-16(15)19(23)24/h4-7,14,17H,3,8-13H2,1-2H3,(H,23,24). The van der Waals surface area contributed by atoms with E-state index in [0.29, 0.717) is 17.4 Å². The summed E-state index contributed by atoms with van der Waals surface area (Å²) in [6.45, 7) is 6.01. The number of carboxylic acid groups (broad SMARTS) is 1. The van der Waals surface area contributed by atoms with Crippen LogP contribution in [-0.2, 0) is 11.2 Å². The summed E-state index contributed by atoms with van der Waals surface area (Å²) in [7, 11) is 0. The van der Waals surface area contributed by atoms with Crippen LogP contribution in [0, 0.1) is 17.3 Å². The molecule has 24 heavy (non-hydrogen) atoms. The molecule has 1 saturated heterocycles. The molecule has 0 spiro atoms. The number of piperidine rings is 1. The molecule has 2 aliphatic rings. The second-order valence-corrected chi connectivity index (χ2v) is 7.70. The Hall–Kier alpha value is -1.84. The number of carbonyl (C=O) groups excluding carboxylic acids is 1. The maximum atomic E-state index is 12.6. The van der Waals surface area contributed by atoms with Crippen LogP contribution in [0.5, 0.6) is 0 Å². The van der Waals surface area contributed by atoms with Gasteiger partial charge in [-0.15, -0.1) is 0 Å². The zero-order valence-electron chi connectivity index (χ0n) is 14.6. The monoisotopic (exact) mass is 329 g/mol. The third kappa shape index (κ3) is 3.33. The van der Waals surface area contributed by atoms with Gasteiger partial charge in [-0.25, -0.2) is 4.79 Å². The summed E-state index contributed by atoms with van der Waals surface area (Å²) in [5.74, 6) is 0.174. The molecule has 0 radical (unpaired) electrons. The van der Waals surface area contributed by atoms with Gasteiger partial charge in [-0.1, -0.05) is 32.0 Å². The Bertz CT molecular complexity index is 634. The first-order valence-electron chi connectivity index (χ1n) is 9.04. The van der Waals surface area contributed by atoms with Crippen molar-refractivity contribution in [2.45, 2.75) is 46.0 Å². The van der Waals surface area contributed by atoms with Gasteiger partial charge in [-0.05, 0) is 55.1 Å². The average molecular weight is 329 g/mol. The van der Waals surface area contributed by atoms with Gasteiger partial charge in [0.1, 0.15) is 0 Å². The largest absolute Gasteiger partial charge is 0.478 e. The molecule has 4 heteroatoms. The summed E-state index contributed by atoms with van der Waals surface area (Å²) in [4.78, 5) is 25.9. The number of carbonyl (C=O) groups is 2. The molecule has 130 valence electrons. The Morgan fingerprint density at radius 1 is 1.25 bits per heavy atom. The van der Waals surface area contributed by atoms with Gasteiger partial charge in [-0.2, -0.15) is 0 Å². The average Bonchev–Trinajstić information content (AvgIpc) is 3.28. The molecular weight excluding hydrogens is 302 g/mol. The van der Waals surface area contributed by atoms with E-state index in [0.717, 1.165) is 50.8 Å². The van der Waals surface area contributed by atoms with Crippen molar-refractivity contribution in [3.8, 4) is 0 Å². The van der Waals surface area contributed by atoms with Gasteiger partial charge < -0.3 is 10.0 Å². The van der Waals surface area contributed by atoms with Crippen LogP contribution in [0.3, 0.4) is 0 Å². The van der Waals surface area contributed by atoms with Gasteiger partial charge in [0.15, 0.2) is 0 Å². The molecule has 2 unspecified atom stereocenters. The summed E-state index contributed by atoms with van der Waals surface area (Å²) in [6.07, 6.45) is 4.84. The zero-order valence-corrected chi connectivity index (χ0v) is 14.6. The number of hydrogen-bond acceptors (Lipinski definition) is 2. The van der Waals surface area contributed by atoms with E-state index < -0.39 is 5.97 Å². The predicted octanol–water partition coefficient (Wildman–Crippen LogP) is 3.60. The third-order valence-corrected chi connectivity index (χ3v) is 6.14. The Labute approximate surface area is 143 Å². The number of likely N-dealkylation sites (tertiary alicyclic amines) is 1. The summed E-state index contributed by atoms with van der Waals surface area (Å²) in [6, 6.07) is 7.26. The van der Waals surface area contributed by atoms with Crippen LogP contribution in [0.25, 0.3) is 0 Å². The lowest BCUT2D eigenvalue weighted by Crippen LogP contribution is -2.40. The zero-order chi connectivity index (χ0) is 17.3. The minimum absolute atomic E-state index is 0.229. The van der Waals surface area contributed by atoms with E-state index in [2.05, 4.69) is 13.8 Å². The molecule has 2 atom stereocenters. The molecule has 1 aromatic carbocycles. The number of nitrogens with zero attached hydrogens (tertiary/aromatic N) is 1. The molecular formula is C20H27NO3. The third-order valence-electron chi connectivity index (χ3n) is 6.14. The van der Waals surface area contributed by atoms with Crippen molar-refractivity contribution in [1.82, 2.24) is 4.90 Å². The minimum atomic E-state index is -0.856. The molecule has 1 N–H and O–H groups in total. The number of carboxylic acids is 1. The number of rotatable bonds is 5. The van der Waals surface area contributed by atoms with Gasteiger partial charge in [-0.3, -0.25) is 4.79 Å². The van der Waals surface area contributed by atoms with Crippen molar-refractivity contribution in [3.05, 3.63) is 35.4 Å². The van der Waals surface area contributed by atoms with Crippen molar-refractivity contribution < 1.29 is 14.7 Å². The maximum Gasteiger partial charge on any atom is 0.335 e. The first-order chi connectivity index (χ1) is 11.4. The van der Waals surface area contributed by atoms with Crippen LogP contribution in [0.1, 0.15) is 55.5 Å². The molecule has 0 bridgehead atoms. The second-order valence-electron chi connectivity index (χ2n) is 7.70. The number of benzene rings is 1. The molecule has 2 fully saturated rings. The van der Waals surface area contributed by atoms with Gasteiger partial charge in [0.05, 0.1) is 5.56 Å². The molecule has 1 saturated carbocycles. The molecule has 1 aliphatic heterocycles. The van der Waals surface area contributed by atoms with Gasteiger partial charge >= 0.3 is 5.97 Å². The lowest BCUT2D eigenvalue weighted by Gasteiger charge is -2.33. The van der Waals surface area contributed by atoms with Crippen molar-refractivity contribution in [1.29, 1.82) is 0 Å². The van der Waals surface area contributed by atoms with E-state index >= 15 is 0 Å². The topological polar surface area (TPSA) is 57.6 Å². The number of hydrogen-bond donors (Lipinski definition) is 1. The number of aromatic carboxylic acids is 1. The van der Waals surface area contributed by atoms with Crippen molar-refractivity contribution in [2.24, 2.45) is 17.3 Å². The highest BCUT2D eigenvalue weighted by Gasteiger charge is 2.54. The summed E-state index contributed by atoms with van der Waals surface area (Å²) >= 11 is 0. The van der Waals surface area contributed by atoms with Crippen LogP contribution in [0.4, 0.5) is 0 Å². The highest BCUT2D eigenvalue weighted by atomic mass is 16.4. The molecule has 1 aromatic rings. The fourth-order valence-corrected chi connectivity index (χ4v) is 3.98. The minimum Gasteiger partial charge on any atom is -0.478 e. The van der Waals surface area contributed by atoms with Crippen molar-refractivity contribution in [2.75, 3.05) is 13.1 Å². The molecule has 3 rings (SSSR count). The smallest absolute Gasteiger partial charge is 0.335 e. The molecule has 0 aromatic heterocycles. The molecule has 1 aliphatic carbocycles. The highest BCUT2D eigenvalue weighted by molar-refractivity contribution is 5.89. The normalized spacial score (nSPS) is 27.1. The van der Waals surface area contributed by atoms with Gasteiger partial charge in [0.2, 0.25) is 5.91 Å². The molecule has 1 amide bonds. The van der Waals surface area contributed by atoms with E-state index in [1.54, 1.807) is 12.1 Å². The van der Waals surface area contributed by atoms with Crippen LogP contribution in [0.2, 0.25) is 0 Å². The molecule has 1 heterocycles. The van der Waals surface area contributed by atoms with Crippen molar-refractivity contribution in [3.63, 3.8) is 0 Å². The maximum absolute atomic E-state index is 12.6. The highest BCUT2D eigenvalue weighted by Crippen LogP contribution is 2.55. The summed E-state index contributed by atoms with van der Waals surface area (Å²) in [5.41, 5.74) is 1.55. The second kappa shape index (κ2) is 6.58. The molecule has 4 nitrogen and oxygen atoms in total. The Morgan fingerprint density at radius 3 is 2.50 bits per heavy atom. The fraction of sp³-hybridized carbons (Fsp3) is 0.600. The predicted molar refractivity (Wildman–Crippen MR) is 92.9 cm³/mol. The van der Waals surface area contributed by atoms with E-state index in [1.165, 1.54) is 0 Å². The summed E-state index contributed by atoms with van der Waals surface area (Å²) in [5, 5.41) is 9.30. The van der Waals surface area contributed by atoms with Crippen LogP contribution < -0.4 is 0 Å². The van der Waals surface area contributed by atoms with Crippen LogP contribution >= 0.6 is 0 Å². The summed E-state index contributed by atoms with van der Waals surface area (Å²) < 4.78 is 0. The quantitative estimate of drug-likeness (QED) is 0.898. The number of amides is 1. The van der Waals surface area contributed by atoms with Gasteiger partial charge in [0.25, 0.3) is 0 Å². The fourth-order valence-electron chi connectivity index (χ4n) is 3.98. The van der Waals surface area contributed by atoms with Crippen molar-refractivity contribution >= 4 is 11.9 Å². The first kappa shape index (κ1) is 17.0. The Morgan fingerprint density at radius 2 is 1.92 bits per heavy atom. The van der Waals surface area contributed by atoms with Gasteiger partial charge in [0, 0.05) is 19.0 Å². The Balaban J connectivity index is 1.55. The lowest BCUT2D eigenvalue weighted by atomic mass is 9.88. The van der Waals surface area contributed by atoms with E-state index in [1.807, 2.05) is 17.0 Å². The van der Waals surface area contributed by atoms with Crippen LogP contribution in [0.15, 0.2) is 24.3 Å². The van der Waals surface area contributed by atoms with E-state index in [9.17, 15) is 14.7 Å². The van der Waals surface area contributed by atoms with E-state index in [-0.39, 0.29) is 11.3 Å².